The summed E-state index contributed by atoms with van der Waals surface area (Å²) < 4.78 is 0. The Bertz CT molecular complexity index is 503. The van der Waals surface area contributed by atoms with Gasteiger partial charge >= 0.3 is 0 Å². The molecule has 0 spiro atoms. The second-order valence-electron chi connectivity index (χ2n) is 5.67. The van der Waals surface area contributed by atoms with E-state index in [2.05, 4.69) is 41.3 Å². The van der Waals surface area contributed by atoms with E-state index in [4.69, 9.17) is 0 Å². The fourth-order valence-corrected chi connectivity index (χ4v) is 3.12. The lowest BCUT2D eigenvalue weighted by Crippen LogP contribution is -2.27. The molecule has 3 aliphatic rings. The first-order chi connectivity index (χ1) is 8.74. The van der Waals surface area contributed by atoms with E-state index in [1.54, 1.807) is 6.33 Å². The Morgan fingerprint density at radius 3 is 3.06 bits per heavy atom. The average molecular weight is 243 g/mol. The summed E-state index contributed by atoms with van der Waals surface area (Å²) in [7, 11) is 0. The van der Waals surface area contributed by atoms with Crippen molar-refractivity contribution in [1.29, 1.82) is 0 Å². The van der Waals surface area contributed by atoms with Gasteiger partial charge in [0, 0.05) is 11.6 Å². The molecule has 0 aromatic rings. The number of nitrogens with one attached hydrogen (secondary N) is 2. The van der Waals surface area contributed by atoms with Crippen LogP contribution in [-0.4, -0.2) is 16.0 Å². The van der Waals surface area contributed by atoms with E-state index in [0.717, 1.165) is 11.7 Å². The van der Waals surface area contributed by atoms with Gasteiger partial charge in [-0.1, -0.05) is 25.8 Å². The third kappa shape index (κ3) is 2.09. The number of hydrogen-bond donors (Lipinski definition) is 2. The molecule has 1 aliphatic heterocycles. The third-order valence-electron chi connectivity index (χ3n) is 4.09. The molecular formula is C15H21N3. The normalized spacial score (nSPS) is 24.3. The molecule has 2 aliphatic carbocycles. The SMILES string of the molecule is Cc1ccc2[nH]cnc(NC3CCCC(C)C3)c1-2. The highest BCUT2D eigenvalue weighted by atomic mass is 15.0. The maximum atomic E-state index is 4.49. The molecule has 2 N–H and O–H groups in total. The van der Waals surface area contributed by atoms with E-state index in [9.17, 15) is 0 Å². The molecule has 96 valence electrons. The van der Waals surface area contributed by atoms with Gasteiger partial charge in [-0.3, -0.25) is 0 Å². The van der Waals surface area contributed by atoms with Crippen molar-refractivity contribution in [1.82, 2.24) is 9.97 Å². The predicted octanol–water partition coefficient (Wildman–Crippen LogP) is 3.81. The first-order valence-electron chi connectivity index (χ1n) is 6.93. The second-order valence-corrected chi connectivity index (χ2v) is 5.67. The first-order valence-corrected chi connectivity index (χ1v) is 6.93. The van der Waals surface area contributed by atoms with Gasteiger partial charge in [0.25, 0.3) is 0 Å². The highest BCUT2D eigenvalue weighted by molar-refractivity contribution is 5.78. The van der Waals surface area contributed by atoms with E-state index in [-0.39, 0.29) is 0 Å². The number of H-pyrrole nitrogens is 1. The molecule has 0 radical (unpaired) electrons. The molecule has 2 atom stereocenters. The summed E-state index contributed by atoms with van der Waals surface area (Å²) >= 11 is 0. The number of anilines is 1. The van der Waals surface area contributed by atoms with Gasteiger partial charge in [0.2, 0.25) is 0 Å². The number of rotatable bonds is 2. The molecule has 1 fully saturated rings. The Morgan fingerprint density at radius 1 is 1.33 bits per heavy atom. The number of fused-ring (bicyclic) bond motifs is 1. The summed E-state index contributed by atoms with van der Waals surface area (Å²) in [6.07, 6.45) is 7.03. The van der Waals surface area contributed by atoms with Gasteiger partial charge in [-0.15, -0.1) is 0 Å². The van der Waals surface area contributed by atoms with Gasteiger partial charge < -0.3 is 10.3 Å². The Balaban J connectivity index is 1.84. The molecule has 18 heavy (non-hydrogen) atoms. The van der Waals surface area contributed by atoms with Crippen molar-refractivity contribution >= 4 is 5.82 Å². The van der Waals surface area contributed by atoms with Crippen LogP contribution in [0.1, 0.15) is 38.2 Å². The molecule has 1 saturated carbocycles. The van der Waals surface area contributed by atoms with Crippen LogP contribution in [0.25, 0.3) is 11.3 Å². The predicted molar refractivity (Wildman–Crippen MR) is 75.0 cm³/mol. The minimum atomic E-state index is 0.584. The lowest BCUT2D eigenvalue weighted by molar-refractivity contribution is 0.358. The van der Waals surface area contributed by atoms with Crippen molar-refractivity contribution in [2.45, 2.75) is 45.6 Å². The van der Waals surface area contributed by atoms with Crippen LogP contribution in [0.15, 0.2) is 18.5 Å². The maximum Gasteiger partial charge on any atom is 0.137 e. The first kappa shape index (κ1) is 11.6. The Labute approximate surface area is 108 Å². The smallest absolute Gasteiger partial charge is 0.137 e. The molecule has 3 rings (SSSR count). The Kier molecular flexibility index (Phi) is 2.98. The summed E-state index contributed by atoms with van der Waals surface area (Å²) in [5, 5.41) is 3.65. The van der Waals surface area contributed by atoms with Crippen LogP contribution in [0.2, 0.25) is 0 Å². The summed E-state index contributed by atoms with van der Waals surface area (Å²) in [5.41, 5.74) is 3.71. The Morgan fingerprint density at radius 2 is 2.22 bits per heavy atom. The monoisotopic (exact) mass is 243 g/mol. The van der Waals surface area contributed by atoms with Crippen LogP contribution in [0.5, 0.6) is 0 Å². The highest BCUT2D eigenvalue weighted by Gasteiger charge is 2.21. The minimum absolute atomic E-state index is 0.584. The summed E-state index contributed by atoms with van der Waals surface area (Å²) in [5.74, 6) is 1.88. The molecule has 1 heterocycles. The van der Waals surface area contributed by atoms with Crippen LogP contribution < -0.4 is 5.32 Å². The zero-order valence-corrected chi connectivity index (χ0v) is 11.2. The second kappa shape index (κ2) is 4.63. The van der Waals surface area contributed by atoms with E-state index in [1.807, 2.05) is 0 Å². The summed E-state index contributed by atoms with van der Waals surface area (Å²) in [6, 6.07) is 4.86. The number of aromatic amines is 1. The van der Waals surface area contributed by atoms with E-state index < -0.39 is 0 Å². The van der Waals surface area contributed by atoms with Crippen molar-refractivity contribution in [3.8, 4) is 11.3 Å². The van der Waals surface area contributed by atoms with Crippen LogP contribution in [0.3, 0.4) is 0 Å². The molecular weight excluding hydrogens is 222 g/mol. The van der Waals surface area contributed by atoms with Crippen molar-refractivity contribution in [3.05, 3.63) is 24.0 Å². The molecule has 0 bridgehead atoms. The standard InChI is InChI=1S/C15H21N3/c1-10-4-3-5-12(8-10)18-15-14-11(2)6-7-13(14)16-9-17-15/h6-7,9-10,12,18H,3-5,8H2,1-2H3,(H,16,17). The number of nitrogens with zero attached hydrogens (tertiary/aromatic N) is 1. The lowest BCUT2D eigenvalue weighted by Gasteiger charge is -2.28. The quantitative estimate of drug-likeness (QED) is 0.842. The molecule has 0 saturated heterocycles. The fraction of sp³-hybridized carbons (Fsp3) is 0.533. The van der Waals surface area contributed by atoms with Crippen LogP contribution in [0, 0.1) is 12.8 Å². The van der Waals surface area contributed by atoms with E-state index in [1.165, 1.54) is 42.5 Å². The van der Waals surface area contributed by atoms with E-state index >= 15 is 0 Å². The zero-order valence-electron chi connectivity index (χ0n) is 11.2. The summed E-state index contributed by atoms with van der Waals surface area (Å²) in [6.45, 7) is 4.50. The molecule has 0 aromatic carbocycles. The van der Waals surface area contributed by atoms with Crippen molar-refractivity contribution in [3.63, 3.8) is 0 Å². The molecule has 3 heteroatoms. The highest BCUT2D eigenvalue weighted by Crippen LogP contribution is 2.33. The largest absolute Gasteiger partial charge is 0.367 e. The van der Waals surface area contributed by atoms with Crippen molar-refractivity contribution < 1.29 is 0 Å². The topological polar surface area (TPSA) is 40.7 Å². The number of hydrogen-bond acceptors (Lipinski definition) is 2. The lowest BCUT2D eigenvalue weighted by atomic mass is 9.87. The van der Waals surface area contributed by atoms with Crippen molar-refractivity contribution in [2.75, 3.05) is 5.32 Å². The Hall–Kier alpha value is -1.51. The van der Waals surface area contributed by atoms with Crippen molar-refractivity contribution in [2.24, 2.45) is 5.92 Å². The van der Waals surface area contributed by atoms with Gasteiger partial charge in [-0.25, -0.2) is 4.98 Å². The van der Waals surface area contributed by atoms with Crippen LogP contribution in [-0.2, 0) is 0 Å². The van der Waals surface area contributed by atoms with Gasteiger partial charge in [0.05, 0.1) is 12.0 Å². The number of aryl methyl sites for hydroxylation is 1. The molecule has 3 nitrogen and oxygen atoms in total. The molecule has 0 amide bonds. The third-order valence-corrected chi connectivity index (χ3v) is 4.09. The maximum absolute atomic E-state index is 4.49. The van der Waals surface area contributed by atoms with Gasteiger partial charge in [-0.05, 0) is 37.3 Å². The number of aromatic nitrogens is 2. The van der Waals surface area contributed by atoms with Crippen LogP contribution in [0.4, 0.5) is 5.82 Å². The van der Waals surface area contributed by atoms with E-state index in [0.29, 0.717) is 6.04 Å². The minimum Gasteiger partial charge on any atom is -0.367 e. The fourth-order valence-electron chi connectivity index (χ4n) is 3.12. The van der Waals surface area contributed by atoms with Gasteiger partial charge in [-0.2, -0.15) is 0 Å². The average Bonchev–Trinajstić information content (AvgIpc) is 2.72. The molecule has 2 unspecified atom stereocenters. The summed E-state index contributed by atoms with van der Waals surface area (Å²) in [4.78, 5) is 7.70. The van der Waals surface area contributed by atoms with Gasteiger partial charge in [0.15, 0.2) is 0 Å². The van der Waals surface area contributed by atoms with Gasteiger partial charge in [0.1, 0.15) is 5.82 Å². The zero-order chi connectivity index (χ0) is 12.5. The van der Waals surface area contributed by atoms with Crippen LogP contribution >= 0.6 is 0 Å². The molecule has 0 aromatic heterocycles.